The van der Waals surface area contributed by atoms with Crippen LogP contribution in [-0.2, 0) is 0 Å². The average molecular weight is 283 g/mol. The Morgan fingerprint density at radius 2 is 2.00 bits per heavy atom. The highest BCUT2D eigenvalue weighted by Gasteiger charge is 2.20. The number of nitrogens with zero attached hydrogens (tertiary/aromatic N) is 2. The van der Waals surface area contributed by atoms with Gasteiger partial charge in [0.25, 0.3) is 0 Å². The summed E-state index contributed by atoms with van der Waals surface area (Å²) in [7, 11) is 0. The van der Waals surface area contributed by atoms with Crippen LogP contribution in [0.15, 0.2) is 17.6 Å². The zero-order valence-corrected chi connectivity index (χ0v) is 13.0. The van der Waals surface area contributed by atoms with Crippen LogP contribution >= 0.6 is 11.8 Å². The molecule has 0 aliphatic heterocycles. The first-order valence-electron chi connectivity index (χ1n) is 6.87. The Labute approximate surface area is 120 Å². The molecule has 0 bridgehead atoms. The summed E-state index contributed by atoms with van der Waals surface area (Å²) in [6, 6.07) is 0. The van der Waals surface area contributed by atoms with E-state index in [-0.39, 0.29) is 12.1 Å². The fourth-order valence-electron chi connectivity index (χ4n) is 1.89. The van der Waals surface area contributed by atoms with E-state index in [1.165, 1.54) is 0 Å². The van der Waals surface area contributed by atoms with E-state index in [1.807, 2.05) is 19.3 Å². The highest BCUT2D eigenvalue weighted by atomic mass is 32.2. The van der Waals surface area contributed by atoms with Gasteiger partial charge in [0, 0.05) is 23.7 Å². The van der Waals surface area contributed by atoms with Gasteiger partial charge in [0.2, 0.25) is 0 Å². The van der Waals surface area contributed by atoms with Crippen LogP contribution < -0.4 is 5.32 Å². The number of aromatic nitrogens is 2. The maximum absolute atomic E-state index is 9.39. The maximum atomic E-state index is 9.39. The molecule has 1 unspecified atom stereocenters. The van der Waals surface area contributed by atoms with Crippen LogP contribution in [0, 0.1) is 6.92 Å². The van der Waals surface area contributed by atoms with Crippen LogP contribution in [0.5, 0.6) is 0 Å². The molecule has 1 rings (SSSR count). The van der Waals surface area contributed by atoms with Crippen molar-refractivity contribution in [2.75, 3.05) is 18.9 Å². The third-order valence-electron chi connectivity index (χ3n) is 3.06. The van der Waals surface area contributed by atoms with Crippen LogP contribution in [0.4, 0.5) is 0 Å². The number of unbranched alkanes of at least 4 members (excludes halogenated alkanes) is 1. The molecule has 0 aliphatic carbocycles. The second-order valence-corrected chi connectivity index (χ2v) is 6.16. The van der Waals surface area contributed by atoms with E-state index < -0.39 is 0 Å². The van der Waals surface area contributed by atoms with Crippen LogP contribution in [-0.4, -0.2) is 39.5 Å². The molecule has 1 heterocycles. The molecule has 1 aromatic rings. The number of aliphatic hydroxyl groups excluding tert-OH is 1. The minimum absolute atomic E-state index is 0.139. The second-order valence-electron chi connectivity index (χ2n) is 5.10. The summed E-state index contributed by atoms with van der Waals surface area (Å²) in [6.07, 6.45) is 6.91. The number of hydrogen-bond acceptors (Lipinski definition) is 5. The zero-order chi connectivity index (χ0) is 14.1. The van der Waals surface area contributed by atoms with Gasteiger partial charge in [0.15, 0.2) is 5.16 Å². The van der Waals surface area contributed by atoms with E-state index in [2.05, 4.69) is 29.1 Å². The predicted octanol–water partition coefficient (Wildman–Crippen LogP) is 2.41. The quantitative estimate of drug-likeness (QED) is 0.414. The van der Waals surface area contributed by atoms with E-state index in [4.69, 9.17) is 0 Å². The first-order valence-corrected chi connectivity index (χ1v) is 7.85. The van der Waals surface area contributed by atoms with Crippen molar-refractivity contribution in [2.24, 2.45) is 0 Å². The number of hydrogen-bond donors (Lipinski definition) is 2. The van der Waals surface area contributed by atoms with E-state index in [9.17, 15) is 5.11 Å². The second kappa shape index (κ2) is 8.51. The fourth-order valence-corrected chi connectivity index (χ4v) is 2.67. The van der Waals surface area contributed by atoms with Gasteiger partial charge in [-0.25, -0.2) is 9.97 Å². The molecule has 0 spiro atoms. The Balaban J connectivity index is 2.18. The molecule has 4 nitrogen and oxygen atoms in total. The summed E-state index contributed by atoms with van der Waals surface area (Å²) in [5.41, 5.74) is 0.952. The van der Waals surface area contributed by atoms with Gasteiger partial charge in [-0.3, -0.25) is 0 Å². The molecule has 19 heavy (non-hydrogen) atoms. The van der Waals surface area contributed by atoms with Crippen LogP contribution in [0.2, 0.25) is 0 Å². The van der Waals surface area contributed by atoms with Crippen molar-refractivity contribution in [3.8, 4) is 0 Å². The lowest BCUT2D eigenvalue weighted by Gasteiger charge is -2.28. The third-order valence-corrected chi connectivity index (χ3v) is 4.03. The lowest BCUT2D eigenvalue weighted by atomic mass is 9.96. The summed E-state index contributed by atoms with van der Waals surface area (Å²) >= 11 is 1.70. The van der Waals surface area contributed by atoms with E-state index in [0.717, 1.165) is 42.3 Å². The molecule has 0 aromatic carbocycles. The highest BCUT2D eigenvalue weighted by Crippen LogP contribution is 2.18. The smallest absolute Gasteiger partial charge is 0.187 e. The van der Waals surface area contributed by atoms with Gasteiger partial charge >= 0.3 is 0 Å². The molecule has 0 saturated heterocycles. The van der Waals surface area contributed by atoms with Crippen LogP contribution in [0.1, 0.15) is 38.7 Å². The van der Waals surface area contributed by atoms with Gasteiger partial charge < -0.3 is 10.4 Å². The number of thioether (sulfide) groups is 1. The lowest BCUT2D eigenvalue weighted by molar-refractivity contribution is 0.165. The van der Waals surface area contributed by atoms with Crippen molar-refractivity contribution in [3.63, 3.8) is 0 Å². The third kappa shape index (κ3) is 6.36. The van der Waals surface area contributed by atoms with Crippen molar-refractivity contribution >= 4 is 11.8 Å². The Kier molecular flexibility index (Phi) is 7.34. The van der Waals surface area contributed by atoms with Crippen molar-refractivity contribution < 1.29 is 5.11 Å². The molecular formula is C14H25N3OS. The van der Waals surface area contributed by atoms with Crippen LogP contribution in [0.25, 0.3) is 0 Å². The van der Waals surface area contributed by atoms with Gasteiger partial charge in [0.1, 0.15) is 0 Å². The minimum atomic E-state index is -0.139. The molecule has 1 aromatic heterocycles. The zero-order valence-electron chi connectivity index (χ0n) is 12.1. The van der Waals surface area contributed by atoms with Gasteiger partial charge in [-0.05, 0) is 38.8 Å². The molecular weight excluding hydrogens is 258 g/mol. The molecule has 2 N–H and O–H groups in total. The van der Waals surface area contributed by atoms with Gasteiger partial charge in [-0.1, -0.05) is 25.1 Å². The summed E-state index contributed by atoms with van der Waals surface area (Å²) < 4.78 is 0. The Hall–Kier alpha value is -0.650. The van der Waals surface area contributed by atoms with E-state index in [1.54, 1.807) is 11.8 Å². The van der Waals surface area contributed by atoms with Crippen molar-refractivity contribution in [1.29, 1.82) is 0 Å². The minimum Gasteiger partial charge on any atom is -0.394 e. The normalized spacial score (nSPS) is 14.3. The number of nitrogens with one attached hydrogen (secondary N) is 1. The van der Waals surface area contributed by atoms with Crippen LogP contribution in [0.3, 0.4) is 0 Å². The first kappa shape index (κ1) is 16.4. The standard InChI is InChI=1S/C14H25N3OS/c1-4-17-14(3,11-18)7-5-6-8-19-13-15-9-12(2)10-16-13/h9-10,17-18H,4-8,11H2,1-3H3. The summed E-state index contributed by atoms with van der Waals surface area (Å²) in [6.45, 7) is 7.22. The molecule has 0 amide bonds. The predicted molar refractivity (Wildman–Crippen MR) is 80.5 cm³/mol. The highest BCUT2D eigenvalue weighted by molar-refractivity contribution is 7.99. The van der Waals surface area contributed by atoms with Crippen molar-refractivity contribution in [3.05, 3.63) is 18.0 Å². The summed E-state index contributed by atoms with van der Waals surface area (Å²) in [4.78, 5) is 8.54. The number of aryl methyl sites for hydroxylation is 1. The average Bonchev–Trinajstić information content (AvgIpc) is 2.41. The molecule has 0 saturated carbocycles. The van der Waals surface area contributed by atoms with Gasteiger partial charge in [0.05, 0.1) is 6.61 Å². The molecule has 1 atom stereocenters. The number of aliphatic hydroxyl groups is 1. The molecule has 0 fully saturated rings. The van der Waals surface area contributed by atoms with Crippen molar-refractivity contribution in [2.45, 2.75) is 50.7 Å². The summed E-state index contributed by atoms with van der Waals surface area (Å²) in [5, 5.41) is 13.6. The van der Waals surface area contributed by atoms with Gasteiger partial charge in [-0.15, -0.1) is 0 Å². The van der Waals surface area contributed by atoms with E-state index in [0.29, 0.717) is 0 Å². The molecule has 5 heteroatoms. The van der Waals surface area contributed by atoms with Crippen molar-refractivity contribution in [1.82, 2.24) is 15.3 Å². The summed E-state index contributed by atoms with van der Waals surface area (Å²) in [5.74, 6) is 1.02. The Morgan fingerprint density at radius 3 is 2.58 bits per heavy atom. The molecule has 0 aliphatic rings. The maximum Gasteiger partial charge on any atom is 0.187 e. The Morgan fingerprint density at radius 1 is 1.32 bits per heavy atom. The number of rotatable bonds is 9. The number of likely N-dealkylation sites (N-methyl/N-ethyl adjacent to an activating group) is 1. The largest absolute Gasteiger partial charge is 0.394 e. The lowest BCUT2D eigenvalue weighted by Crippen LogP contribution is -2.45. The topological polar surface area (TPSA) is 58.0 Å². The van der Waals surface area contributed by atoms with Gasteiger partial charge in [-0.2, -0.15) is 0 Å². The molecule has 108 valence electrons. The SMILES string of the molecule is CCNC(C)(CO)CCCCSc1ncc(C)cn1. The monoisotopic (exact) mass is 283 g/mol. The van der Waals surface area contributed by atoms with E-state index >= 15 is 0 Å². The first-order chi connectivity index (χ1) is 9.09. The fraction of sp³-hybridized carbons (Fsp3) is 0.714. The Bertz CT molecular complexity index is 358. The molecule has 0 radical (unpaired) electrons.